The van der Waals surface area contributed by atoms with Crippen molar-refractivity contribution < 1.29 is 14.3 Å². The highest BCUT2D eigenvalue weighted by Crippen LogP contribution is 2.33. The Bertz CT molecular complexity index is 834. The molecule has 1 atom stereocenters. The molecule has 0 N–H and O–H groups in total. The van der Waals surface area contributed by atoms with Crippen molar-refractivity contribution >= 4 is 28.8 Å². The molecule has 1 aromatic carbocycles. The summed E-state index contributed by atoms with van der Waals surface area (Å²) < 4.78 is 5.32. The molecule has 3 heterocycles. The van der Waals surface area contributed by atoms with E-state index in [1.807, 2.05) is 45.5 Å². The van der Waals surface area contributed by atoms with Crippen LogP contribution < -0.4 is 9.64 Å². The van der Waals surface area contributed by atoms with E-state index < -0.39 is 0 Å². The molecule has 0 bridgehead atoms. The normalized spacial score (nSPS) is 19.5. The van der Waals surface area contributed by atoms with Gasteiger partial charge in [-0.2, -0.15) is 0 Å². The summed E-state index contributed by atoms with van der Waals surface area (Å²) in [7, 11) is 1.66. The highest BCUT2D eigenvalue weighted by atomic mass is 32.1. The number of anilines is 1. The zero-order valence-corrected chi connectivity index (χ0v) is 16.3. The van der Waals surface area contributed by atoms with Crippen molar-refractivity contribution in [2.45, 2.75) is 25.7 Å². The summed E-state index contributed by atoms with van der Waals surface area (Å²) in [5, 5.41) is 1.92. The molecule has 27 heavy (non-hydrogen) atoms. The number of piperidine rings is 1. The number of carbonyl (C=O) groups is 2. The molecule has 2 aliphatic rings. The maximum atomic E-state index is 13.3. The molecule has 142 valence electrons. The summed E-state index contributed by atoms with van der Waals surface area (Å²) in [4.78, 5) is 30.5. The number of rotatable bonds is 3. The summed E-state index contributed by atoms with van der Waals surface area (Å²) in [6.07, 6.45) is 3.63. The molecule has 0 saturated carbocycles. The van der Waals surface area contributed by atoms with Crippen molar-refractivity contribution in [2.75, 3.05) is 31.6 Å². The average molecular weight is 385 g/mol. The molecule has 2 aliphatic heterocycles. The number of likely N-dealkylation sites (tertiary alicyclic amines) is 1. The van der Waals surface area contributed by atoms with Crippen molar-refractivity contribution in [1.29, 1.82) is 0 Å². The Labute approximate surface area is 163 Å². The van der Waals surface area contributed by atoms with E-state index in [4.69, 9.17) is 4.74 Å². The van der Waals surface area contributed by atoms with Gasteiger partial charge in [0.25, 0.3) is 5.91 Å². The minimum absolute atomic E-state index is 0.0475. The molecule has 5 nitrogen and oxygen atoms in total. The van der Waals surface area contributed by atoms with Gasteiger partial charge in [0.1, 0.15) is 5.75 Å². The Morgan fingerprint density at radius 3 is 2.85 bits per heavy atom. The zero-order chi connectivity index (χ0) is 18.8. The molecule has 2 amide bonds. The van der Waals surface area contributed by atoms with E-state index in [1.54, 1.807) is 7.11 Å². The van der Waals surface area contributed by atoms with Crippen molar-refractivity contribution in [1.82, 2.24) is 4.90 Å². The Morgan fingerprint density at radius 2 is 2.07 bits per heavy atom. The van der Waals surface area contributed by atoms with Crippen LogP contribution in [0.15, 0.2) is 35.7 Å². The van der Waals surface area contributed by atoms with Crippen molar-refractivity contribution in [3.63, 3.8) is 0 Å². The highest BCUT2D eigenvalue weighted by Gasteiger charge is 2.33. The molecule has 0 spiro atoms. The Morgan fingerprint density at radius 1 is 1.19 bits per heavy atom. The van der Waals surface area contributed by atoms with E-state index in [2.05, 4.69) is 0 Å². The van der Waals surface area contributed by atoms with Crippen LogP contribution >= 0.6 is 11.3 Å². The van der Waals surface area contributed by atoms with Gasteiger partial charge >= 0.3 is 0 Å². The number of hydrogen-bond acceptors (Lipinski definition) is 4. The molecule has 4 rings (SSSR count). The third-order valence-corrected chi connectivity index (χ3v) is 6.32. The summed E-state index contributed by atoms with van der Waals surface area (Å²) in [6.45, 7) is 1.99. The van der Waals surface area contributed by atoms with Gasteiger partial charge in [-0.05, 0) is 60.9 Å². The zero-order valence-electron chi connectivity index (χ0n) is 15.5. The smallest absolute Gasteiger partial charge is 0.263 e. The molecule has 0 radical (unpaired) electrons. The summed E-state index contributed by atoms with van der Waals surface area (Å²) in [6, 6.07) is 9.68. The Hall–Kier alpha value is -2.34. The molecule has 6 heteroatoms. The molecule has 2 aromatic rings. The maximum absolute atomic E-state index is 13.3. The van der Waals surface area contributed by atoms with E-state index in [0.717, 1.165) is 60.7 Å². The van der Waals surface area contributed by atoms with E-state index >= 15 is 0 Å². The van der Waals surface area contributed by atoms with Crippen LogP contribution in [0.3, 0.4) is 0 Å². The van der Waals surface area contributed by atoms with E-state index in [0.29, 0.717) is 6.54 Å². The average Bonchev–Trinajstić information content (AvgIpc) is 3.26. The van der Waals surface area contributed by atoms with Gasteiger partial charge in [-0.25, -0.2) is 0 Å². The monoisotopic (exact) mass is 384 g/mol. The van der Waals surface area contributed by atoms with Gasteiger partial charge in [0.2, 0.25) is 5.91 Å². The van der Waals surface area contributed by atoms with Crippen LogP contribution in [0.1, 0.15) is 34.5 Å². The fourth-order valence-electron chi connectivity index (χ4n) is 4.07. The van der Waals surface area contributed by atoms with Crippen LogP contribution in [-0.2, 0) is 11.2 Å². The van der Waals surface area contributed by atoms with Gasteiger partial charge in [-0.15, -0.1) is 11.3 Å². The third-order valence-electron chi connectivity index (χ3n) is 5.46. The number of amides is 2. The predicted molar refractivity (Wildman–Crippen MR) is 107 cm³/mol. The lowest BCUT2D eigenvalue weighted by molar-refractivity contribution is -0.123. The van der Waals surface area contributed by atoms with E-state index in [9.17, 15) is 9.59 Å². The topological polar surface area (TPSA) is 49.9 Å². The van der Waals surface area contributed by atoms with Crippen molar-refractivity contribution in [3.8, 4) is 5.75 Å². The minimum atomic E-state index is -0.129. The summed E-state index contributed by atoms with van der Waals surface area (Å²) >= 11 is 1.46. The number of aryl methyl sites for hydroxylation is 1. The molecule has 1 unspecified atom stereocenters. The predicted octanol–water partition coefficient (Wildman–Crippen LogP) is 3.59. The van der Waals surface area contributed by atoms with Gasteiger partial charge in [-0.3, -0.25) is 9.59 Å². The van der Waals surface area contributed by atoms with Crippen molar-refractivity contribution in [2.24, 2.45) is 5.92 Å². The van der Waals surface area contributed by atoms with Crippen LogP contribution in [0, 0.1) is 5.92 Å². The second kappa shape index (κ2) is 7.72. The fourth-order valence-corrected chi connectivity index (χ4v) is 4.76. The number of benzene rings is 1. The van der Waals surface area contributed by atoms with Gasteiger partial charge < -0.3 is 14.5 Å². The number of ether oxygens (including phenoxy) is 1. The van der Waals surface area contributed by atoms with Crippen LogP contribution in [0.25, 0.3) is 0 Å². The van der Waals surface area contributed by atoms with Gasteiger partial charge in [-0.1, -0.05) is 6.07 Å². The molecule has 0 aliphatic carbocycles. The molecular weight excluding hydrogens is 360 g/mol. The van der Waals surface area contributed by atoms with Gasteiger partial charge in [0.05, 0.1) is 17.9 Å². The number of nitrogens with zero attached hydrogens (tertiary/aromatic N) is 2. The summed E-state index contributed by atoms with van der Waals surface area (Å²) in [5.74, 6) is 0.889. The maximum Gasteiger partial charge on any atom is 0.263 e. The molecule has 1 saturated heterocycles. The second-order valence-electron chi connectivity index (χ2n) is 7.16. The van der Waals surface area contributed by atoms with Crippen LogP contribution in [-0.4, -0.2) is 43.5 Å². The van der Waals surface area contributed by atoms with Gasteiger partial charge in [0, 0.05) is 25.3 Å². The largest absolute Gasteiger partial charge is 0.497 e. The summed E-state index contributed by atoms with van der Waals surface area (Å²) in [5.41, 5.74) is 2.16. The lowest BCUT2D eigenvalue weighted by Gasteiger charge is -2.37. The van der Waals surface area contributed by atoms with Crippen LogP contribution in [0.4, 0.5) is 5.69 Å². The SMILES string of the molecule is COc1ccc2c(c1)CCCN2C(=O)C1CCCN(C(=O)c2cccs2)C1. The number of carbonyl (C=O) groups excluding carboxylic acids is 2. The van der Waals surface area contributed by atoms with Gasteiger partial charge in [0.15, 0.2) is 0 Å². The number of methoxy groups -OCH3 is 1. The lowest BCUT2D eigenvalue weighted by Crippen LogP contribution is -2.48. The van der Waals surface area contributed by atoms with Crippen LogP contribution in [0.2, 0.25) is 0 Å². The molecule has 1 fully saturated rings. The minimum Gasteiger partial charge on any atom is -0.497 e. The number of hydrogen-bond donors (Lipinski definition) is 0. The fraction of sp³-hybridized carbons (Fsp3) is 0.429. The second-order valence-corrected chi connectivity index (χ2v) is 8.10. The molecule has 1 aromatic heterocycles. The number of thiophene rings is 1. The Kier molecular flexibility index (Phi) is 5.16. The third kappa shape index (κ3) is 3.58. The van der Waals surface area contributed by atoms with Crippen molar-refractivity contribution in [3.05, 3.63) is 46.2 Å². The van der Waals surface area contributed by atoms with E-state index in [1.165, 1.54) is 11.3 Å². The quantitative estimate of drug-likeness (QED) is 0.813. The van der Waals surface area contributed by atoms with E-state index in [-0.39, 0.29) is 17.7 Å². The standard InChI is InChI=1S/C21H24N2O3S/c1-26-17-8-9-18-15(13-17)5-3-11-23(18)20(24)16-6-2-10-22(14-16)21(25)19-7-4-12-27-19/h4,7-9,12-13,16H,2-3,5-6,10-11,14H2,1H3. The lowest BCUT2D eigenvalue weighted by atomic mass is 9.94. The first-order chi connectivity index (χ1) is 13.2. The first-order valence-electron chi connectivity index (χ1n) is 9.48. The Balaban J connectivity index is 1.51. The molecular formula is C21H24N2O3S. The first kappa shape index (κ1) is 18.0. The highest BCUT2D eigenvalue weighted by molar-refractivity contribution is 7.12. The number of fused-ring (bicyclic) bond motifs is 1. The van der Waals surface area contributed by atoms with Crippen LogP contribution in [0.5, 0.6) is 5.75 Å². The first-order valence-corrected chi connectivity index (χ1v) is 10.4.